The molecule has 2 heterocycles. The lowest BCUT2D eigenvalue weighted by Crippen LogP contribution is -2.29. The maximum atomic E-state index is 13.0. The van der Waals surface area contributed by atoms with E-state index in [1.807, 2.05) is 17.5 Å². The summed E-state index contributed by atoms with van der Waals surface area (Å²) in [5.74, 6) is -1.82. The fourth-order valence-corrected chi connectivity index (χ4v) is 4.88. The highest BCUT2D eigenvalue weighted by Crippen LogP contribution is 2.45. The van der Waals surface area contributed by atoms with Crippen molar-refractivity contribution in [2.75, 3.05) is 0 Å². The van der Waals surface area contributed by atoms with E-state index in [9.17, 15) is 14.7 Å². The average Bonchev–Trinajstić information content (AvgIpc) is 3.31. The van der Waals surface area contributed by atoms with Gasteiger partial charge in [-0.25, -0.2) is 0 Å². The van der Waals surface area contributed by atoms with Gasteiger partial charge in [-0.15, -0.1) is 11.3 Å². The van der Waals surface area contributed by atoms with Gasteiger partial charge in [0.15, 0.2) is 0 Å². The molecule has 1 aromatic heterocycles. The molecule has 3 aromatic rings. The standard InChI is InChI=1S/C22H14Cl3NO3S/c23-13-8-6-12(7-9-13)20(27)18-19(17-15(24)4-1-5-16(17)25)26(22(29)21(18)28)11-14-3-2-10-30-14/h1-10,19,27H,11H2/b20-18+. The van der Waals surface area contributed by atoms with E-state index in [2.05, 4.69) is 0 Å². The Morgan fingerprint density at radius 3 is 2.23 bits per heavy atom. The number of benzene rings is 2. The minimum Gasteiger partial charge on any atom is -0.507 e. The van der Waals surface area contributed by atoms with Crippen molar-refractivity contribution in [1.29, 1.82) is 0 Å². The number of carbonyl (C=O) groups is 2. The van der Waals surface area contributed by atoms with E-state index < -0.39 is 17.7 Å². The van der Waals surface area contributed by atoms with Crippen LogP contribution in [0.15, 0.2) is 65.6 Å². The summed E-state index contributed by atoms with van der Waals surface area (Å²) in [6, 6.07) is 14.1. The monoisotopic (exact) mass is 477 g/mol. The van der Waals surface area contributed by atoms with Crippen molar-refractivity contribution in [2.24, 2.45) is 0 Å². The molecule has 1 N–H and O–H groups in total. The highest BCUT2D eigenvalue weighted by molar-refractivity contribution is 7.09. The lowest BCUT2D eigenvalue weighted by Gasteiger charge is -2.26. The smallest absolute Gasteiger partial charge is 0.295 e. The number of hydrogen-bond acceptors (Lipinski definition) is 4. The van der Waals surface area contributed by atoms with Crippen molar-refractivity contribution in [3.05, 3.63) is 96.6 Å². The van der Waals surface area contributed by atoms with E-state index in [0.29, 0.717) is 26.2 Å². The van der Waals surface area contributed by atoms with Crippen molar-refractivity contribution in [2.45, 2.75) is 12.6 Å². The quantitative estimate of drug-likeness (QED) is 0.271. The van der Waals surface area contributed by atoms with E-state index >= 15 is 0 Å². The van der Waals surface area contributed by atoms with E-state index in [1.165, 1.54) is 16.2 Å². The molecule has 0 bridgehead atoms. The molecule has 8 heteroatoms. The third-order valence-electron chi connectivity index (χ3n) is 4.84. The van der Waals surface area contributed by atoms with Crippen molar-refractivity contribution in [3.8, 4) is 0 Å². The van der Waals surface area contributed by atoms with Crippen LogP contribution in [0.3, 0.4) is 0 Å². The van der Waals surface area contributed by atoms with E-state index in [-0.39, 0.29) is 17.9 Å². The first kappa shape index (κ1) is 20.9. The molecule has 0 saturated carbocycles. The van der Waals surface area contributed by atoms with Crippen molar-refractivity contribution < 1.29 is 14.7 Å². The Hall–Kier alpha value is -2.31. The molecule has 4 nitrogen and oxygen atoms in total. The minimum absolute atomic E-state index is 0.0612. The van der Waals surface area contributed by atoms with E-state index in [1.54, 1.807) is 42.5 Å². The van der Waals surface area contributed by atoms with Crippen molar-refractivity contribution >= 4 is 63.6 Å². The van der Waals surface area contributed by atoms with Crippen LogP contribution in [0, 0.1) is 0 Å². The Kier molecular flexibility index (Phi) is 5.89. The van der Waals surface area contributed by atoms with E-state index in [0.717, 1.165) is 4.88 Å². The van der Waals surface area contributed by atoms with Gasteiger partial charge in [0, 0.05) is 31.1 Å². The summed E-state index contributed by atoms with van der Waals surface area (Å²) in [4.78, 5) is 28.3. The van der Waals surface area contributed by atoms with Crippen LogP contribution in [-0.2, 0) is 16.1 Å². The predicted molar refractivity (Wildman–Crippen MR) is 120 cm³/mol. The molecule has 4 rings (SSSR count). The number of rotatable bonds is 4. The first-order chi connectivity index (χ1) is 14.4. The second kappa shape index (κ2) is 8.44. The summed E-state index contributed by atoms with van der Waals surface area (Å²) < 4.78 is 0. The van der Waals surface area contributed by atoms with Crippen LogP contribution in [0.2, 0.25) is 15.1 Å². The van der Waals surface area contributed by atoms with Crippen LogP contribution < -0.4 is 0 Å². The van der Waals surface area contributed by atoms with Gasteiger partial charge in [0.05, 0.1) is 18.2 Å². The Balaban J connectivity index is 1.93. The summed E-state index contributed by atoms with van der Waals surface area (Å²) in [6.45, 7) is 0.186. The van der Waals surface area contributed by atoms with Gasteiger partial charge < -0.3 is 10.0 Å². The number of aliphatic hydroxyl groups is 1. The fourth-order valence-electron chi connectivity index (χ4n) is 3.45. The molecule has 0 aliphatic carbocycles. The van der Waals surface area contributed by atoms with Gasteiger partial charge >= 0.3 is 0 Å². The Bertz CT molecular complexity index is 1140. The second-order valence-corrected chi connectivity index (χ2v) is 8.93. The highest BCUT2D eigenvalue weighted by Gasteiger charge is 2.47. The third kappa shape index (κ3) is 3.74. The van der Waals surface area contributed by atoms with Gasteiger partial charge in [-0.05, 0) is 47.8 Å². The Morgan fingerprint density at radius 1 is 0.967 bits per heavy atom. The van der Waals surface area contributed by atoms with Crippen LogP contribution in [0.5, 0.6) is 0 Å². The van der Waals surface area contributed by atoms with Crippen LogP contribution >= 0.6 is 46.1 Å². The molecule has 1 saturated heterocycles. The zero-order valence-electron chi connectivity index (χ0n) is 15.3. The fraction of sp³-hybridized carbons (Fsp3) is 0.0909. The SMILES string of the molecule is O=C1C(=O)N(Cc2cccs2)C(c2c(Cl)cccc2Cl)/C1=C(\O)c1ccc(Cl)cc1. The van der Waals surface area contributed by atoms with Crippen molar-refractivity contribution in [1.82, 2.24) is 4.90 Å². The summed E-state index contributed by atoms with van der Waals surface area (Å²) >= 11 is 20.3. The molecule has 1 fully saturated rings. The molecule has 0 radical (unpaired) electrons. The molecule has 2 aromatic carbocycles. The summed E-state index contributed by atoms with van der Waals surface area (Å²) in [5.41, 5.74) is 0.697. The number of halogens is 3. The maximum Gasteiger partial charge on any atom is 0.295 e. The number of nitrogens with zero attached hydrogens (tertiary/aromatic N) is 1. The minimum atomic E-state index is -0.927. The third-order valence-corrected chi connectivity index (χ3v) is 6.61. The van der Waals surface area contributed by atoms with Crippen LogP contribution in [0.25, 0.3) is 5.76 Å². The number of ketones is 1. The summed E-state index contributed by atoms with van der Waals surface area (Å²) in [7, 11) is 0. The summed E-state index contributed by atoms with van der Waals surface area (Å²) in [5, 5.41) is 14.0. The first-order valence-electron chi connectivity index (χ1n) is 8.89. The van der Waals surface area contributed by atoms with Gasteiger partial charge in [-0.2, -0.15) is 0 Å². The molecular formula is C22H14Cl3NO3S. The lowest BCUT2D eigenvalue weighted by molar-refractivity contribution is -0.140. The lowest BCUT2D eigenvalue weighted by atomic mass is 9.95. The molecule has 1 amide bonds. The van der Waals surface area contributed by atoms with Crippen LogP contribution in [0.4, 0.5) is 0 Å². The Labute approximate surface area is 191 Å². The number of likely N-dealkylation sites (tertiary alicyclic amines) is 1. The molecule has 1 aliphatic rings. The number of hydrogen-bond donors (Lipinski definition) is 1. The second-order valence-electron chi connectivity index (χ2n) is 6.65. The topological polar surface area (TPSA) is 57.6 Å². The van der Waals surface area contributed by atoms with Crippen LogP contribution in [0.1, 0.15) is 22.0 Å². The van der Waals surface area contributed by atoms with Crippen LogP contribution in [-0.4, -0.2) is 21.7 Å². The zero-order valence-corrected chi connectivity index (χ0v) is 18.4. The molecule has 1 aliphatic heterocycles. The van der Waals surface area contributed by atoms with Crippen molar-refractivity contribution in [3.63, 3.8) is 0 Å². The predicted octanol–water partition coefficient (Wildman–Crippen LogP) is 6.33. The number of thiophene rings is 1. The normalized spacial score (nSPS) is 18.2. The average molecular weight is 479 g/mol. The largest absolute Gasteiger partial charge is 0.507 e. The van der Waals surface area contributed by atoms with Gasteiger partial charge in [-0.3, -0.25) is 9.59 Å². The Morgan fingerprint density at radius 2 is 1.63 bits per heavy atom. The van der Waals surface area contributed by atoms with Gasteiger partial charge in [-0.1, -0.05) is 46.9 Å². The summed E-state index contributed by atoms with van der Waals surface area (Å²) in [6.07, 6.45) is 0. The van der Waals surface area contributed by atoms with Gasteiger partial charge in [0.25, 0.3) is 11.7 Å². The van der Waals surface area contributed by atoms with Gasteiger partial charge in [0.1, 0.15) is 5.76 Å². The zero-order chi connectivity index (χ0) is 21.4. The number of Topliss-reactive ketones (excluding diaryl/α,β-unsaturated/α-hetero) is 1. The molecule has 30 heavy (non-hydrogen) atoms. The molecule has 152 valence electrons. The molecular weight excluding hydrogens is 465 g/mol. The van der Waals surface area contributed by atoms with E-state index in [4.69, 9.17) is 34.8 Å². The number of carbonyl (C=O) groups excluding carboxylic acids is 2. The molecule has 1 unspecified atom stereocenters. The number of amides is 1. The van der Waals surface area contributed by atoms with Gasteiger partial charge in [0.2, 0.25) is 0 Å². The highest BCUT2D eigenvalue weighted by atomic mass is 35.5. The molecule has 1 atom stereocenters. The molecule has 0 spiro atoms. The first-order valence-corrected chi connectivity index (χ1v) is 10.9. The number of aliphatic hydroxyl groups excluding tert-OH is 1. The maximum absolute atomic E-state index is 13.0.